The molecule has 0 aliphatic carbocycles. The average Bonchev–Trinajstić information content (AvgIpc) is 2.28. The lowest BCUT2D eigenvalue weighted by Crippen LogP contribution is -2.26. The largest absolute Gasteiger partial charge is 0.389 e. The standard InChI is InChI=1S/C10H14N2O2S2/c1-3-12(2)16(13,14)9-6-4-8(5-7-9)10(11)15/h4-7H,3H2,1-2H3,(H2,11,15). The van der Waals surface area contributed by atoms with Crippen molar-refractivity contribution in [3.8, 4) is 0 Å². The monoisotopic (exact) mass is 258 g/mol. The summed E-state index contributed by atoms with van der Waals surface area (Å²) in [5.74, 6) is 0. The molecule has 0 spiro atoms. The Morgan fingerprint density at radius 3 is 2.25 bits per heavy atom. The molecule has 0 atom stereocenters. The Morgan fingerprint density at radius 1 is 1.38 bits per heavy atom. The Balaban J connectivity index is 3.12. The van der Waals surface area contributed by atoms with E-state index in [1.54, 1.807) is 19.1 Å². The molecular formula is C10H14N2O2S2. The van der Waals surface area contributed by atoms with Gasteiger partial charge in [0.2, 0.25) is 10.0 Å². The van der Waals surface area contributed by atoms with E-state index in [1.807, 2.05) is 0 Å². The van der Waals surface area contributed by atoms with Crippen molar-refractivity contribution < 1.29 is 8.42 Å². The van der Waals surface area contributed by atoms with Crippen molar-refractivity contribution in [1.29, 1.82) is 0 Å². The summed E-state index contributed by atoms with van der Waals surface area (Å²) in [4.78, 5) is 0.504. The van der Waals surface area contributed by atoms with Crippen molar-refractivity contribution in [3.05, 3.63) is 29.8 Å². The minimum absolute atomic E-state index is 0.247. The molecule has 0 saturated heterocycles. The normalized spacial score (nSPS) is 11.7. The highest BCUT2D eigenvalue weighted by Crippen LogP contribution is 2.14. The van der Waals surface area contributed by atoms with Gasteiger partial charge in [-0.25, -0.2) is 12.7 Å². The van der Waals surface area contributed by atoms with Crippen LogP contribution >= 0.6 is 12.2 Å². The van der Waals surface area contributed by atoms with Gasteiger partial charge in [-0.05, 0) is 12.1 Å². The number of nitrogens with zero attached hydrogens (tertiary/aromatic N) is 1. The lowest BCUT2D eigenvalue weighted by atomic mass is 10.2. The number of hydrogen-bond acceptors (Lipinski definition) is 3. The van der Waals surface area contributed by atoms with Gasteiger partial charge in [0, 0.05) is 19.2 Å². The highest BCUT2D eigenvalue weighted by atomic mass is 32.2. The van der Waals surface area contributed by atoms with Gasteiger partial charge in [-0.2, -0.15) is 0 Å². The van der Waals surface area contributed by atoms with Crippen molar-refractivity contribution in [2.75, 3.05) is 13.6 Å². The van der Waals surface area contributed by atoms with E-state index in [-0.39, 0.29) is 9.88 Å². The van der Waals surface area contributed by atoms with Crippen LogP contribution in [0.3, 0.4) is 0 Å². The fourth-order valence-corrected chi connectivity index (χ4v) is 2.46. The molecule has 0 aliphatic rings. The van der Waals surface area contributed by atoms with Gasteiger partial charge < -0.3 is 5.73 Å². The maximum atomic E-state index is 11.9. The van der Waals surface area contributed by atoms with E-state index in [0.29, 0.717) is 12.1 Å². The van der Waals surface area contributed by atoms with E-state index in [1.165, 1.54) is 23.5 Å². The smallest absolute Gasteiger partial charge is 0.242 e. The van der Waals surface area contributed by atoms with E-state index >= 15 is 0 Å². The Bertz CT molecular complexity index is 480. The number of sulfonamides is 1. The van der Waals surface area contributed by atoms with Crippen LogP contribution in [-0.4, -0.2) is 31.3 Å². The molecule has 2 N–H and O–H groups in total. The molecule has 16 heavy (non-hydrogen) atoms. The first kappa shape index (κ1) is 13.1. The first-order chi connectivity index (χ1) is 7.39. The fourth-order valence-electron chi connectivity index (χ4n) is 1.14. The molecule has 0 aliphatic heterocycles. The summed E-state index contributed by atoms with van der Waals surface area (Å²) in [6.45, 7) is 2.21. The molecule has 1 aromatic rings. The molecule has 0 amide bonds. The molecule has 88 valence electrons. The van der Waals surface area contributed by atoms with Gasteiger partial charge in [-0.3, -0.25) is 0 Å². The van der Waals surface area contributed by atoms with Crippen molar-refractivity contribution in [3.63, 3.8) is 0 Å². The second-order valence-electron chi connectivity index (χ2n) is 3.31. The average molecular weight is 258 g/mol. The van der Waals surface area contributed by atoms with Crippen molar-refractivity contribution >= 4 is 27.2 Å². The van der Waals surface area contributed by atoms with Gasteiger partial charge in [-0.15, -0.1) is 0 Å². The summed E-state index contributed by atoms with van der Waals surface area (Å²) < 4.78 is 25.1. The van der Waals surface area contributed by atoms with Gasteiger partial charge in [0.15, 0.2) is 0 Å². The number of rotatable bonds is 4. The van der Waals surface area contributed by atoms with Crippen LogP contribution in [-0.2, 0) is 10.0 Å². The molecule has 0 radical (unpaired) electrons. The van der Waals surface area contributed by atoms with Crippen LogP contribution < -0.4 is 5.73 Å². The Hall–Kier alpha value is -0.980. The van der Waals surface area contributed by atoms with Crippen LogP contribution in [0.5, 0.6) is 0 Å². The highest BCUT2D eigenvalue weighted by Gasteiger charge is 2.18. The summed E-state index contributed by atoms with van der Waals surface area (Å²) in [7, 11) is -1.84. The number of thiocarbonyl (C=S) groups is 1. The third-order valence-corrected chi connectivity index (χ3v) is 4.47. The van der Waals surface area contributed by atoms with Crippen LogP contribution in [0, 0.1) is 0 Å². The molecule has 0 bridgehead atoms. The summed E-state index contributed by atoms with van der Waals surface area (Å²) in [5, 5.41) is 0. The predicted molar refractivity (Wildman–Crippen MR) is 67.8 cm³/mol. The second-order valence-corrected chi connectivity index (χ2v) is 5.79. The predicted octanol–water partition coefficient (Wildman–Crippen LogP) is 0.961. The minimum Gasteiger partial charge on any atom is -0.389 e. The summed E-state index contributed by atoms with van der Waals surface area (Å²) >= 11 is 4.79. The van der Waals surface area contributed by atoms with Crippen LogP contribution in [0.25, 0.3) is 0 Å². The Morgan fingerprint density at radius 2 is 1.88 bits per heavy atom. The van der Waals surface area contributed by atoms with Crippen molar-refractivity contribution in [2.24, 2.45) is 5.73 Å². The molecular weight excluding hydrogens is 244 g/mol. The van der Waals surface area contributed by atoms with E-state index in [4.69, 9.17) is 18.0 Å². The minimum atomic E-state index is -3.38. The summed E-state index contributed by atoms with van der Waals surface area (Å²) in [6.07, 6.45) is 0. The molecule has 0 fully saturated rings. The van der Waals surface area contributed by atoms with Crippen LogP contribution in [0.15, 0.2) is 29.2 Å². The third kappa shape index (κ3) is 2.58. The van der Waals surface area contributed by atoms with Crippen molar-refractivity contribution in [2.45, 2.75) is 11.8 Å². The number of hydrogen-bond donors (Lipinski definition) is 1. The lowest BCUT2D eigenvalue weighted by Gasteiger charge is -2.14. The Labute approximate surface area is 101 Å². The first-order valence-corrected chi connectivity index (χ1v) is 6.60. The Kier molecular flexibility index (Phi) is 4.01. The second kappa shape index (κ2) is 4.90. The number of benzene rings is 1. The van der Waals surface area contributed by atoms with E-state index in [2.05, 4.69) is 0 Å². The van der Waals surface area contributed by atoms with Gasteiger partial charge in [-0.1, -0.05) is 31.3 Å². The van der Waals surface area contributed by atoms with Gasteiger partial charge in [0.1, 0.15) is 4.99 Å². The molecule has 4 nitrogen and oxygen atoms in total. The van der Waals surface area contributed by atoms with E-state index in [9.17, 15) is 8.42 Å². The molecule has 0 heterocycles. The zero-order chi connectivity index (χ0) is 12.3. The highest BCUT2D eigenvalue weighted by molar-refractivity contribution is 7.89. The molecule has 0 unspecified atom stereocenters. The zero-order valence-electron chi connectivity index (χ0n) is 9.17. The summed E-state index contributed by atoms with van der Waals surface area (Å²) in [5.41, 5.74) is 6.09. The van der Waals surface area contributed by atoms with Gasteiger partial charge >= 0.3 is 0 Å². The zero-order valence-corrected chi connectivity index (χ0v) is 10.8. The maximum absolute atomic E-state index is 11.9. The SMILES string of the molecule is CCN(C)S(=O)(=O)c1ccc(C(N)=S)cc1. The van der Waals surface area contributed by atoms with Crippen LogP contribution in [0.1, 0.15) is 12.5 Å². The molecule has 0 saturated carbocycles. The third-order valence-electron chi connectivity index (χ3n) is 2.29. The van der Waals surface area contributed by atoms with Crippen LogP contribution in [0.2, 0.25) is 0 Å². The molecule has 1 rings (SSSR count). The first-order valence-electron chi connectivity index (χ1n) is 4.75. The van der Waals surface area contributed by atoms with E-state index in [0.717, 1.165) is 0 Å². The summed E-state index contributed by atoms with van der Waals surface area (Å²) in [6, 6.07) is 6.24. The van der Waals surface area contributed by atoms with Gasteiger partial charge in [0.05, 0.1) is 4.90 Å². The molecule has 6 heteroatoms. The van der Waals surface area contributed by atoms with Crippen LogP contribution in [0.4, 0.5) is 0 Å². The topological polar surface area (TPSA) is 63.4 Å². The molecule has 0 aromatic heterocycles. The lowest BCUT2D eigenvalue weighted by molar-refractivity contribution is 0.486. The van der Waals surface area contributed by atoms with E-state index < -0.39 is 10.0 Å². The fraction of sp³-hybridized carbons (Fsp3) is 0.300. The number of nitrogens with two attached hydrogens (primary N) is 1. The molecule has 1 aromatic carbocycles. The van der Waals surface area contributed by atoms with Gasteiger partial charge in [0.25, 0.3) is 0 Å². The quantitative estimate of drug-likeness (QED) is 0.817. The van der Waals surface area contributed by atoms with Crippen molar-refractivity contribution in [1.82, 2.24) is 4.31 Å². The maximum Gasteiger partial charge on any atom is 0.242 e.